The summed E-state index contributed by atoms with van der Waals surface area (Å²) in [6, 6.07) is 45.8. The van der Waals surface area contributed by atoms with Crippen molar-refractivity contribution in [3.8, 4) is 0 Å². The number of nitrogens with two attached hydrogens (primary N) is 1. The van der Waals surface area contributed by atoms with Crippen molar-refractivity contribution >= 4 is 118 Å². The summed E-state index contributed by atoms with van der Waals surface area (Å²) in [5, 5.41) is 11.1. The average molecular weight is 1150 g/mol. The minimum atomic E-state index is -4.04. The van der Waals surface area contributed by atoms with Crippen molar-refractivity contribution < 1.29 is 82.7 Å². The zero-order valence-corrected chi connectivity index (χ0v) is 40.9. The van der Waals surface area contributed by atoms with Gasteiger partial charge in [0.2, 0.25) is 0 Å². The first-order chi connectivity index (χ1) is 35.7. The second kappa shape index (κ2) is 22.5. The number of hydroxylamine groups is 2. The number of ether oxygens (including phenoxy) is 2. The summed E-state index contributed by atoms with van der Waals surface area (Å²) in [5.74, 6) is -0.451. The number of amides is 2. The molecule has 8 aromatic carbocycles. The fraction of sp³-hybridized carbons (Fsp3) is 0.0370. The van der Waals surface area contributed by atoms with Gasteiger partial charge < -0.3 is 14.7 Å². The number of carbonyl (C=O) groups excluding carboxylic acids is 6. The fourth-order valence-corrected chi connectivity index (χ4v) is 8.83. The van der Waals surface area contributed by atoms with Gasteiger partial charge in [0, 0.05) is 23.6 Å². The van der Waals surface area contributed by atoms with Crippen molar-refractivity contribution in [2.24, 2.45) is 5.90 Å². The quantitative estimate of drug-likeness (QED) is 0.0415. The van der Waals surface area contributed by atoms with E-state index in [1.54, 1.807) is 66.7 Å². The maximum atomic E-state index is 12.7. The van der Waals surface area contributed by atoms with Crippen LogP contribution in [0.5, 0.6) is 0 Å². The molecule has 3 aliphatic heterocycles. The Morgan fingerprint density at radius 3 is 1.35 bits per heavy atom. The average Bonchev–Trinajstić information content (AvgIpc) is 3.41. The molecule has 3 N–H and O–H groups in total. The number of nitrogens with zero attached hydrogens (tertiary/aromatic N) is 1. The van der Waals surface area contributed by atoms with E-state index in [1.807, 2.05) is 109 Å². The fourth-order valence-electron chi connectivity index (χ4n) is 7.96. The van der Waals surface area contributed by atoms with Gasteiger partial charge in [0.25, 0.3) is 21.9 Å². The van der Waals surface area contributed by atoms with Gasteiger partial charge in [-0.3, -0.25) is 9.59 Å². The Morgan fingerprint density at radius 1 is 0.549 bits per heavy atom. The van der Waals surface area contributed by atoms with Crippen LogP contribution in [0.15, 0.2) is 156 Å². The van der Waals surface area contributed by atoms with Gasteiger partial charge in [-0.2, -0.15) is 8.42 Å². The molecule has 14 nitrogen and oxygen atoms in total. The first-order valence-corrected chi connectivity index (χ1v) is 23.2. The van der Waals surface area contributed by atoms with Crippen LogP contribution in [0.1, 0.15) is 94.8 Å². The summed E-state index contributed by atoms with van der Waals surface area (Å²) in [6.45, 7) is 0. The molecule has 0 aliphatic carbocycles. The van der Waals surface area contributed by atoms with Crippen molar-refractivity contribution in [2.75, 3.05) is 6.26 Å². The normalized spacial score (nSPS) is 13.7. The molecule has 0 bridgehead atoms. The number of esters is 4. The number of imide groups is 1. The Balaban J connectivity index is 0.000000200. The number of rotatable bonds is 6. The van der Waals surface area contributed by atoms with Gasteiger partial charge in [-0.25, -0.2) is 25.1 Å². The SMILES string of the molecule is C.CS(=O)(=O)ON1C(=O)c2cccc3c(/C=C/c4ccccc4)ccc(c23)C1=O.NO.O=C1OC(=O)c2ccc(/C=C/c3ccccc3)c3cccc1c23.O=C1OC(=O)c2ccc(Br)c3cccc1c23.[2H][2H].[2H][I-][2H]. The molecule has 2 amide bonds. The molecule has 0 atom stereocenters. The topological polar surface area (TPSA) is 214 Å². The van der Waals surface area contributed by atoms with Crippen LogP contribution in [0, 0.1) is 0 Å². The third kappa shape index (κ3) is 10.9. The molecule has 0 saturated carbocycles. The molecule has 71 heavy (non-hydrogen) atoms. The van der Waals surface area contributed by atoms with Crippen LogP contribution in [-0.2, 0) is 23.9 Å². The van der Waals surface area contributed by atoms with Gasteiger partial charge in [0.05, 0.1) is 39.6 Å². The van der Waals surface area contributed by atoms with Crippen LogP contribution in [0.3, 0.4) is 0 Å². The van der Waals surface area contributed by atoms with Crippen molar-refractivity contribution in [2.45, 2.75) is 7.43 Å². The number of hydrogen-bond donors (Lipinski definition) is 2. The van der Waals surface area contributed by atoms with E-state index in [-0.39, 0.29) is 18.6 Å². The van der Waals surface area contributed by atoms with Gasteiger partial charge in [-0.1, -0.05) is 157 Å². The van der Waals surface area contributed by atoms with Crippen LogP contribution in [-0.4, -0.2) is 61.8 Å². The van der Waals surface area contributed by atoms with E-state index in [2.05, 4.69) is 30.8 Å². The molecule has 0 unspecified atom stereocenters. The summed E-state index contributed by atoms with van der Waals surface area (Å²) >= 11 is 2.48. The van der Waals surface area contributed by atoms with Crippen molar-refractivity contribution in [3.63, 3.8) is 0 Å². The summed E-state index contributed by atoms with van der Waals surface area (Å²) < 4.78 is 59.8. The Kier molecular flexibility index (Phi) is 15.4. The van der Waals surface area contributed by atoms with Gasteiger partial charge in [-0.05, 0) is 80.9 Å². The van der Waals surface area contributed by atoms with Gasteiger partial charge in [0.1, 0.15) is 0 Å². The molecule has 0 radical (unpaired) electrons. The zero-order chi connectivity index (χ0) is 53.7. The molecule has 3 aliphatic rings. The van der Waals surface area contributed by atoms with E-state index in [1.165, 1.54) is 0 Å². The third-order valence-corrected chi connectivity index (χ3v) is 12.0. The monoisotopic (exact) mass is 1150 g/mol. The summed E-state index contributed by atoms with van der Waals surface area (Å²) in [6.07, 6.45) is 8.62. The van der Waals surface area contributed by atoms with E-state index >= 15 is 0 Å². The molecular weight excluding hydrogens is 1110 g/mol. The molecule has 11 rings (SSSR count). The Bertz CT molecular complexity index is 3600. The molecule has 0 fully saturated rings. The molecular formula is C54H43BrIN2O12S-. The second-order valence-electron chi connectivity index (χ2n) is 15.2. The number of halogens is 2. The van der Waals surface area contributed by atoms with Crippen LogP contribution >= 0.6 is 15.9 Å². The Hall–Kier alpha value is -7.52. The van der Waals surface area contributed by atoms with Crippen LogP contribution < -0.4 is 29.5 Å². The van der Waals surface area contributed by atoms with Crippen molar-refractivity contribution in [1.29, 1.82) is 1.19 Å². The Labute approximate surface area is 436 Å². The van der Waals surface area contributed by atoms with Gasteiger partial charge in [-0.15, -0.1) is 9.35 Å². The molecule has 0 saturated heterocycles. The predicted molar refractivity (Wildman–Crippen MR) is 274 cm³/mol. The second-order valence-corrected chi connectivity index (χ2v) is 17.6. The summed E-state index contributed by atoms with van der Waals surface area (Å²) in [5.41, 5.74) is 6.07. The molecule has 362 valence electrons. The number of hydrogen-bond acceptors (Lipinski definition) is 13. The van der Waals surface area contributed by atoms with E-state index in [9.17, 15) is 37.2 Å². The molecule has 0 spiro atoms. The van der Waals surface area contributed by atoms with Crippen LogP contribution in [0.25, 0.3) is 56.6 Å². The van der Waals surface area contributed by atoms with E-state index in [0.29, 0.717) is 43.5 Å². The third-order valence-electron chi connectivity index (χ3n) is 10.9. The molecule has 0 aromatic heterocycles. The van der Waals surface area contributed by atoms with E-state index < -0.39 is 69.4 Å². The first-order valence-electron chi connectivity index (χ1n) is 22.4. The summed E-state index contributed by atoms with van der Waals surface area (Å²) in [4.78, 5) is 72.3. The van der Waals surface area contributed by atoms with Crippen molar-refractivity contribution in [1.82, 2.24) is 5.06 Å². The molecule has 8 aromatic rings. The zero-order valence-electron chi connectivity index (χ0n) is 40.4. The minimum absolute atomic E-state index is 0. The van der Waals surface area contributed by atoms with Crippen molar-refractivity contribution in [3.05, 3.63) is 212 Å². The van der Waals surface area contributed by atoms with E-state index in [0.717, 1.165) is 49.1 Å². The molecule has 3 heterocycles. The maximum absolute atomic E-state index is 12.7. The predicted octanol–water partition coefficient (Wildman–Crippen LogP) is 7.42. The standard InChI is InChI=1S/C21H15NO5S.C20H12O3.C12H5BrO3.CH4.H2I.H3NO.H2/c1-28(25,26)27-22-20(23)17-9-5-8-16-15(11-10-14-6-3-2-4-7-14)12-13-18(19(16)17)21(22)24;21-19-16-8-4-7-15-14(10-9-13-5-2-1-3-6-13)11-12-17(18(15)16)20(22)23-19;13-9-5-4-8-10-6(9)2-1-3-7(10)11(14)16-12(8)15;;;1-2;/h2-13H,1H3;1-12H;1-5H;1H4;1H2;2H,1H2;1H/q;;;;-1;;/b11-10+;10-9+;;;;;/i;;;;1D2;;1+1D. The first kappa shape index (κ1) is 48.5. The van der Waals surface area contributed by atoms with Gasteiger partial charge >= 0.3 is 48.6 Å². The molecule has 17 heteroatoms. The van der Waals surface area contributed by atoms with Gasteiger partial charge in [0.15, 0.2) is 0 Å². The van der Waals surface area contributed by atoms with Crippen LogP contribution in [0.4, 0.5) is 0 Å². The number of carbonyl (C=O) groups is 6. The number of benzene rings is 8. The van der Waals surface area contributed by atoms with Crippen LogP contribution in [0.2, 0.25) is 0 Å². The Morgan fingerprint density at radius 2 is 0.901 bits per heavy atom. The van der Waals surface area contributed by atoms with E-state index in [4.69, 9.17) is 14.1 Å². The summed E-state index contributed by atoms with van der Waals surface area (Å²) in [7, 11) is -4.04. The number of cyclic esters (lactones) is 4.